The van der Waals surface area contributed by atoms with E-state index in [4.69, 9.17) is 0 Å². The second-order valence-electron chi connectivity index (χ2n) is 4.68. The summed E-state index contributed by atoms with van der Waals surface area (Å²) >= 11 is 0. The minimum Gasteiger partial charge on any atom is -0.322 e. The van der Waals surface area contributed by atoms with Crippen LogP contribution in [0.15, 0.2) is 36.7 Å². The largest absolute Gasteiger partial charge is 0.322 e. The normalized spacial score (nSPS) is 10.6. The molecule has 1 aromatic carbocycles. The van der Waals surface area contributed by atoms with Gasteiger partial charge in [-0.05, 0) is 19.1 Å². The van der Waals surface area contributed by atoms with E-state index in [-0.39, 0.29) is 5.91 Å². The molecular weight excluding hydrogens is 268 g/mol. The zero-order valence-electron chi connectivity index (χ0n) is 11.7. The van der Waals surface area contributed by atoms with Crippen LogP contribution in [0.4, 0.5) is 5.69 Å². The average Bonchev–Trinajstić information content (AvgIpc) is 3.08. The van der Waals surface area contributed by atoms with E-state index in [0.29, 0.717) is 17.1 Å². The van der Waals surface area contributed by atoms with E-state index in [1.54, 1.807) is 17.9 Å². The second-order valence-corrected chi connectivity index (χ2v) is 4.68. The monoisotopic (exact) mass is 282 g/mol. The predicted octanol–water partition coefficient (Wildman–Crippen LogP) is 1.77. The smallest absolute Gasteiger partial charge is 0.258 e. The Morgan fingerprint density at radius 3 is 2.90 bits per heavy atom. The first kappa shape index (κ1) is 13.0. The Labute approximate surface area is 121 Å². The number of anilines is 1. The van der Waals surface area contributed by atoms with Crippen molar-refractivity contribution in [1.82, 2.24) is 25.0 Å². The van der Waals surface area contributed by atoms with Gasteiger partial charge in [-0.1, -0.05) is 12.1 Å². The van der Waals surface area contributed by atoms with Crippen LogP contribution in [-0.4, -0.2) is 30.9 Å². The highest BCUT2D eigenvalue weighted by Crippen LogP contribution is 2.19. The Bertz CT molecular complexity index is 788. The number of benzene rings is 1. The van der Waals surface area contributed by atoms with Crippen LogP contribution < -0.4 is 5.32 Å². The van der Waals surface area contributed by atoms with Crippen molar-refractivity contribution in [2.75, 3.05) is 5.32 Å². The number of nitrogens with zero attached hydrogens (tertiary/aromatic N) is 4. The highest BCUT2D eigenvalue weighted by Gasteiger charge is 2.09. The summed E-state index contributed by atoms with van der Waals surface area (Å²) in [6.45, 7) is 1.84. The molecule has 1 amide bonds. The number of hydrogen-bond donors (Lipinski definition) is 2. The Hall–Kier alpha value is -2.96. The number of H-pyrrole nitrogens is 1. The minimum atomic E-state index is -0.202. The lowest BCUT2D eigenvalue weighted by atomic mass is 10.2. The van der Waals surface area contributed by atoms with Gasteiger partial charge >= 0.3 is 0 Å². The SMILES string of the molecule is Cc1nc(-c2cccc(NC(=O)c3cnn(C)c3)c2)n[nH]1. The number of amides is 1. The molecule has 0 aliphatic carbocycles. The summed E-state index contributed by atoms with van der Waals surface area (Å²) in [6, 6.07) is 7.39. The molecule has 7 nitrogen and oxygen atoms in total. The van der Waals surface area contributed by atoms with Crippen LogP contribution in [0.2, 0.25) is 0 Å². The van der Waals surface area contributed by atoms with E-state index in [2.05, 4.69) is 25.6 Å². The Morgan fingerprint density at radius 1 is 1.38 bits per heavy atom. The standard InChI is InChI=1S/C14H14N6O/c1-9-16-13(19-18-9)10-4-3-5-12(6-10)17-14(21)11-7-15-20(2)8-11/h3-8H,1-2H3,(H,17,21)(H,16,18,19). The number of carbonyl (C=O) groups is 1. The van der Waals surface area contributed by atoms with E-state index in [9.17, 15) is 4.79 Å². The van der Waals surface area contributed by atoms with Crippen molar-refractivity contribution in [2.45, 2.75) is 6.92 Å². The number of rotatable bonds is 3. The number of aromatic amines is 1. The van der Waals surface area contributed by atoms with Gasteiger partial charge in [0.1, 0.15) is 5.82 Å². The van der Waals surface area contributed by atoms with Crippen molar-refractivity contribution in [3.63, 3.8) is 0 Å². The molecule has 2 N–H and O–H groups in total. The summed E-state index contributed by atoms with van der Waals surface area (Å²) in [4.78, 5) is 16.3. The van der Waals surface area contributed by atoms with E-state index < -0.39 is 0 Å². The maximum Gasteiger partial charge on any atom is 0.258 e. The van der Waals surface area contributed by atoms with Crippen LogP contribution in [0.1, 0.15) is 16.2 Å². The quantitative estimate of drug-likeness (QED) is 0.766. The fourth-order valence-corrected chi connectivity index (χ4v) is 1.95. The lowest BCUT2D eigenvalue weighted by Crippen LogP contribution is -2.11. The molecule has 7 heteroatoms. The first-order valence-corrected chi connectivity index (χ1v) is 6.41. The summed E-state index contributed by atoms with van der Waals surface area (Å²) < 4.78 is 1.59. The Kier molecular flexibility index (Phi) is 3.23. The molecule has 0 unspecified atom stereocenters. The van der Waals surface area contributed by atoms with Gasteiger partial charge < -0.3 is 5.32 Å². The molecule has 21 heavy (non-hydrogen) atoms. The second kappa shape index (κ2) is 5.20. The topological polar surface area (TPSA) is 88.5 Å². The molecule has 0 radical (unpaired) electrons. The molecule has 0 bridgehead atoms. The number of nitrogens with one attached hydrogen (secondary N) is 2. The highest BCUT2D eigenvalue weighted by molar-refractivity contribution is 6.04. The highest BCUT2D eigenvalue weighted by atomic mass is 16.1. The molecular formula is C14H14N6O. The van der Waals surface area contributed by atoms with Gasteiger partial charge in [-0.3, -0.25) is 14.6 Å². The molecule has 0 aliphatic heterocycles. The lowest BCUT2D eigenvalue weighted by molar-refractivity contribution is 0.102. The van der Waals surface area contributed by atoms with E-state index in [1.165, 1.54) is 6.20 Å². The van der Waals surface area contributed by atoms with E-state index in [0.717, 1.165) is 11.4 Å². The molecule has 3 rings (SSSR count). The zero-order valence-corrected chi connectivity index (χ0v) is 11.7. The molecule has 3 aromatic rings. The third kappa shape index (κ3) is 2.81. The van der Waals surface area contributed by atoms with E-state index in [1.807, 2.05) is 31.2 Å². The summed E-state index contributed by atoms with van der Waals surface area (Å²) in [6.07, 6.45) is 3.19. The summed E-state index contributed by atoms with van der Waals surface area (Å²) in [5.74, 6) is 1.14. The van der Waals surface area contributed by atoms with Crippen LogP contribution in [0.25, 0.3) is 11.4 Å². The van der Waals surface area contributed by atoms with Crippen LogP contribution in [0.5, 0.6) is 0 Å². The molecule has 0 saturated carbocycles. The van der Waals surface area contributed by atoms with Crippen LogP contribution in [-0.2, 0) is 7.05 Å². The van der Waals surface area contributed by atoms with Crippen molar-refractivity contribution in [2.24, 2.45) is 7.05 Å². The summed E-state index contributed by atoms with van der Waals surface area (Å²) in [7, 11) is 1.77. The van der Waals surface area contributed by atoms with Gasteiger partial charge in [0.15, 0.2) is 5.82 Å². The van der Waals surface area contributed by atoms with Gasteiger partial charge in [0, 0.05) is 24.5 Å². The first-order chi connectivity index (χ1) is 10.1. The summed E-state index contributed by atoms with van der Waals surface area (Å²) in [5.41, 5.74) is 2.03. The number of hydrogen-bond acceptors (Lipinski definition) is 4. The number of carbonyl (C=O) groups excluding carboxylic acids is 1. The predicted molar refractivity (Wildman–Crippen MR) is 77.7 cm³/mol. The van der Waals surface area contributed by atoms with Gasteiger partial charge in [-0.15, -0.1) is 0 Å². The number of aryl methyl sites for hydroxylation is 2. The first-order valence-electron chi connectivity index (χ1n) is 6.41. The van der Waals surface area contributed by atoms with Crippen LogP contribution >= 0.6 is 0 Å². The molecule has 0 spiro atoms. The zero-order chi connectivity index (χ0) is 14.8. The van der Waals surface area contributed by atoms with Crippen molar-refractivity contribution in [3.05, 3.63) is 48.0 Å². The van der Waals surface area contributed by atoms with Crippen LogP contribution in [0, 0.1) is 6.92 Å². The van der Waals surface area contributed by atoms with E-state index >= 15 is 0 Å². The third-order valence-electron chi connectivity index (χ3n) is 2.94. The molecule has 106 valence electrons. The summed E-state index contributed by atoms with van der Waals surface area (Å²) in [5, 5.41) is 13.7. The van der Waals surface area contributed by atoms with Gasteiger partial charge in [0.05, 0.1) is 11.8 Å². The van der Waals surface area contributed by atoms with Crippen molar-refractivity contribution in [3.8, 4) is 11.4 Å². The van der Waals surface area contributed by atoms with Gasteiger partial charge in [-0.2, -0.15) is 10.2 Å². The molecule has 0 fully saturated rings. The molecule has 0 atom stereocenters. The van der Waals surface area contributed by atoms with Gasteiger partial charge in [0.25, 0.3) is 5.91 Å². The van der Waals surface area contributed by atoms with Crippen LogP contribution in [0.3, 0.4) is 0 Å². The fraction of sp³-hybridized carbons (Fsp3) is 0.143. The molecule has 0 aliphatic rings. The van der Waals surface area contributed by atoms with Crippen molar-refractivity contribution >= 4 is 11.6 Å². The lowest BCUT2D eigenvalue weighted by Gasteiger charge is -2.04. The van der Waals surface area contributed by atoms with Gasteiger partial charge in [-0.25, -0.2) is 4.98 Å². The maximum absolute atomic E-state index is 12.1. The van der Waals surface area contributed by atoms with Crippen molar-refractivity contribution in [1.29, 1.82) is 0 Å². The Morgan fingerprint density at radius 2 is 2.24 bits per heavy atom. The Balaban J connectivity index is 1.82. The van der Waals surface area contributed by atoms with Crippen molar-refractivity contribution < 1.29 is 4.79 Å². The molecule has 2 aromatic heterocycles. The minimum absolute atomic E-state index is 0.202. The molecule has 0 saturated heterocycles. The maximum atomic E-state index is 12.1. The fourth-order valence-electron chi connectivity index (χ4n) is 1.95. The average molecular weight is 282 g/mol. The molecule has 2 heterocycles. The van der Waals surface area contributed by atoms with Gasteiger partial charge in [0.2, 0.25) is 0 Å². The third-order valence-corrected chi connectivity index (χ3v) is 2.94. The number of aromatic nitrogens is 5.